The van der Waals surface area contributed by atoms with E-state index in [1.54, 1.807) is 12.1 Å². The number of nitrogens with zero attached hydrogens (tertiary/aromatic N) is 3. The van der Waals surface area contributed by atoms with E-state index in [4.69, 9.17) is 0 Å². The molecule has 1 unspecified atom stereocenters. The average molecular weight is 379 g/mol. The molecular weight excluding hydrogens is 354 g/mol. The quantitative estimate of drug-likeness (QED) is 0.596. The van der Waals surface area contributed by atoms with Gasteiger partial charge in [-0.3, -0.25) is 14.9 Å². The van der Waals surface area contributed by atoms with Crippen LogP contribution >= 0.6 is 0 Å². The van der Waals surface area contributed by atoms with E-state index in [0.29, 0.717) is 18.8 Å². The number of nitro groups is 1. The van der Waals surface area contributed by atoms with Crippen molar-refractivity contribution in [1.29, 1.82) is 0 Å². The summed E-state index contributed by atoms with van der Waals surface area (Å²) in [5.41, 5.74) is 3.40. The topological polar surface area (TPSA) is 66.7 Å². The number of piperidine rings is 1. The number of hydrogen-bond acceptors (Lipinski definition) is 4. The van der Waals surface area contributed by atoms with Crippen LogP contribution in [0.25, 0.3) is 0 Å². The fraction of sp³-hybridized carbons (Fsp3) is 0.409. The van der Waals surface area contributed by atoms with Crippen LogP contribution < -0.4 is 4.90 Å². The molecule has 1 fully saturated rings. The Morgan fingerprint density at radius 2 is 1.75 bits per heavy atom. The zero-order valence-corrected chi connectivity index (χ0v) is 16.1. The molecule has 1 aliphatic carbocycles. The van der Waals surface area contributed by atoms with Crippen molar-refractivity contribution in [2.45, 2.75) is 31.7 Å². The number of fused-ring (bicyclic) bond motifs is 1. The second-order valence-electron chi connectivity index (χ2n) is 7.71. The number of benzene rings is 2. The minimum absolute atomic E-state index is 0.0169. The van der Waals surface area contributed by atoms with Crippen molar-refractivity contribution in [3.8, 4) is 0 Å². The van der Waals surface area contributed by atoms with Gasteiger partial charge in [-0.05, 0) is 42.9 Å². The van der Waals surface area contributed by atoms with Gasteiger partial charge in [-0.2, -0.15) is 0 Å². The van der Waals surface area contributed by atoms with Crippen LogP contribution in [-0.2, 0) is 11.2 Å². The summed E-state index contributed by atoms with van der Waals surface area (Å²) in [7, 11) is 1.92. The van der Waals surface area contributed by atoms with Gasteiger partial charge < -0.3 is 9.80 Å². The van der Waals surface area contributed by atoms with E-state index >= 15 is 0 Å². The van der Waals surface area contributed by atoms with Gasteiger partial charge in [-0.1, -0.05) is 36.4 Å². The lowest BCUT2D eigenvalue weighted by atomic mass is 9.93. The minimum Gasteiger partial charge on any atom is -0.366 e. The number of amides is 1. The largest absolute Gasteiger partial charge is 0.366 e. The lowest BCUT2D eigenvalue weighted by Crippen LogP contribution is -2.42. The zero-order chi connectivity index (χ0) is 19.7. The monoisotopic (exact) mass is 379 g/mol. The highest BCUT2D eigenvalue weighted by atomic mass is 16.6. The molecule has 2 aliphatic rings. The standard InChI is InChI=1S/C22H25N3O3/c1-23(19-11-10-16-6-2-3-7-18(16)19)22(26)17-12-14-24(15-13-17)20-8-4-5-9-21(20)25(27)28/h2-9,17,19H,10-15H2,1H3. The fourth-order valence-electron chi connectivity index (χ4n) is 4.63. The van der Waals surface area contributed by atoms with Crippen molar-refractivity contribution in [3.63, 3.8) is 0 Å². The van der Waals surface area contributed by atoms with Crippen molar-refractivity contribution in [1.82, 2.24) is 4.90 Å². The van der Waals surface area contributed by atoms with Gasteiger partial charge in [0.2, 0.25) is 5.91 Å². The predicted octanol–water partition coefficient (Wildman–Crippen LogP) is 3.96. The van der Waals surface area contributed by atoms with Gasteiger partial charge in [-0.25, -0.2) is 0 Å². The number of rotatable bonds is 4. The highest BCUT2D eigenvalue weighted by Crippen LogP contribution is 2.37. The lowest BCUT2D eigenvalue weighted by molar-refractivity contribution is -0.384. The van der Waals surface area contributed by atoms with Crippen LogP contribution in [0.2, 0.25) is 0 Å². The summed E-state index contributed by atoms with van der Waals surface area (Å²) in [6.45, 7) is 1.33. The van der Waals surface area contributed by atoms with E-state index in [2.05, 4.69) is 18.2 Å². The number of carbonyl (C=O) groups excluding carboxylic acids is 1. The molecule has 1 heterocycles. The summed E-state index contributed by atoms with van der Waals surface area (Å²) in [5, 5.41) is 11.3. The minimum atomic E-state index is -0.335. The molecule has 0 aromatic heterocycles. The van der Waals surface area contributed by atoms with Crippen molar-refractivity contribution < 1.29 is 9.72 Å². The predicted molar refractivity (Wildman–Crippen MR) is 108 cm³/mol. The molecule has 146 valence electrons. The number of nitro benzene ring substituents is 1. The molecule has 1 aliphatic heterocycles. The molecule has 2 aromatic rings. The number of hydrogen-bond donors (Lipinski definition) is 0. The summed E-state index contributed by atoms with van der Waals surface area (Å²) in [6.07, 6.45) is 3.46. The van der Waals surface area contributed by atoms with E-state index in [1.807, 2.05) is 29.0 Å². The Balaban J connectivity index is 1.42. The molecule has 1 amide bonds. The maximum Gasteiger partial charge on any atom is 0.292 e. The molecular formula is C22H25N3O3. The number of aryl methyl sites for hydroxylation is 1. The molecule has 0 radical (unpaired) electrons. The van der Waals surface area contributed by atoms with Gasteiger partial charge >= 0.3 is 0 Å². The van der Waals surface area contributed by atoms with Gasteiger partial charge in [0.25, 0.3) is 5.69 Å². The van der Waals surface area contributed by atoms with Gasteiger partial charge in [-0.15, -0.1) is 0 Å². The molecule has 28 heavy (non-hydrogen) atoms. The number of carbonyl (C=O) groups is 1. The van der Waals surface area contributed by atoms with Crippen molar-refractivity contribution in [3.05, 3.63) is 69.8 Å². The first-order chi connectivity index (χ1) is 13.6. The molecule has 4 rings (SSSR count). The third-order valence-electron chi connectivity index (χ3n) is 6.18. The fourth-order valence-corrected chi connectivity index (χ4v) is 4.63. The van der Waals surface area contributed by atoms with E-state index in [-0.39, 0.29) is 28.5 Å². The normalized spacial score (nSPS) is 19.3. The van der Waals surface area contributed by atoms with Crippen LogP contribution in [0.15, 0.2) is 48.5 Å². The first-order valence-corrected chi connectivity index (χ1v) is 9.89. The molecule has 1 atom stereocenters. The number of anilines is 1. The third-order valence-corrected chi connectivity index (χ3v) is 6.18. The van der Waals surface area contributed by atoms with Gasteiger partial charge in [0.15, 0.2) is 0 Å². The van der Waals surface area contributed by atoms with Crippen LogP contribution in [0, 0.1) is 16.0 Å². The first-order valence-electron chi connectivity index (χ1n) is 9.89. The van der Waals surface area contributed by atoms with Crippen LogP contribution in [0.4, 0.5) is 11.4 Å². The molecule has 0 N–H and O–H groups in total. The highest BCUT2D eigenvalue weighted by Gasteiger charge is 2.34. The molecule has 6 heteroatoms. The molecule has 6 nitrogen and oxygen atoms in total. The van der Waals surface area contributed by atoms with Crippen LogP contribution in [-0.4, -0.2) is 35.9 Å². The Kier molecular flexibility index (Phi) is 5.03. The second kappa shape index (κ2) is 7.62. The Hall–Kier alpha value is -2.89. The third kappa shape index (κ3) is 3.35. The second-order valence-corrected chi connectivity index (χ2v) is 7.71. The highest BCUT2D eigenvalue weighted by molar-refractivity contribution is 5.80. The van der Waals surface area contributed by atoms with Gasteiger partial charge in [0, 0.05) is 32.1 Å². The van der Waals surface area contributed by atoms with Gasteiger partial charge in [0.05, 0.1) is 11.0 Å². The van der Waals surface area contributed by atoms with E-state index in [9.17, 15) is 14.9 Å². The van der Waals surface area contributed by atoms with E-state index in [1.165, 1.54) is 17.2 Å². The number of para-hydroxylation sites is 2. The summed E-state index contributed by atoms with van der Waals surface area (Å²) in [6, 6.07) is 15.4. The molecule has 1 saturated heterocycles. The average Bonchev–Trinajstić information content (AvgIpc) is 3.17. The maximum atomic E-state index is 13.1. The summed E-state index contributed by atoms with van der Waals surface area (Å²) in [5.74, 6) is 0.181. The Morgan fingerprint density at radius 3 is 2.50 bits per heavy atom. The molecule has 0 spiro atoms. The molecule has 0 saturated carbocycles. The van der Waals surface area contributed by atoms with Crippen molar-refractivity contribution >= 4 is 17.3 Å². The van der Waals surface area contributed by atoms with E-state index in [0.717, 1.165) is 25.7 Å². The van der Waals surface area contributed by atoms with Crippen molar-refractivity contribution in [2.24, 2.45) is 5.92 Å². The van der Waals surface area contributed by atoms with E-state index < -0.39 is 0 Å². The smallest absolute Gasteiger partial charge is 0.292 e. The Labute approximate surface area is 164 Å². The maximum absolute atomic E-state index is 13.1. The van der Waals surface area contributed by atoms with Crippen LogP contribution in [0.5, 0.6) is 0 Å². The summed E-state index contributed by atoms with van der Waals surface area (Å²) in [4.78, 5) is 28.0. The molecule has 0 bridgehead atoms. The summed E-state index contributed by atoms with van der Waals surface area (Å²) < 4.78 is 0. The van der Waals surface area contributed by atoms with Crippen LogP contribution in [0.3, 0.4) is 0 Å². The van der Waals surface area contributed by atoms with Crippen molar-refractivity contribution in [2.75, 3.05) is 25.0 Å². The lowest BCUT2D eigenvalue weighted by Gasteiger charge is -2.36. The first kappa shape index (κ1) is 18.5. The SMILES string of the molecule is CN(C(=O)C1CCN(c2ccccc2[N+](=O)[O-])CC1)C1CCc2ccccc21. The summed E-state index contributed by atoms with van der Waals surface area (Å²) >= 11 is 0. The molecule has 2 aromatic carbocycles. The van der Waals surface area contributed by atoms with Gasteiger partial charge in [0.1, 0.15) is 5.69 Å². The Bertz CT molecular complexity index is 890. The zero-order valence-electron chi connectivity index (χ0n) is 16.1. The Morgan fingerprint density at radius 1 is 1.07 bits per heavy atom. The van der Waals surface area contributed by atoms with Crippen LogP contribution in [0.1, 0.15) is 36.4 Å².